The molecule has 0 unspecified atom stereocenters. The smallest absolute Gasteiger partial charge is 0.434 e. The highest BCUT2D eigenvalue weighted by atomic mass is 35.5. The summed E-state index contributed by atoms with van der Waals surface area (Å²) in [6.45, 7) is 0. The van der Waals surface area contributed by atoms with Gasteiger partial charge in [-0.1, -0.05) is 17.7 Å². The van der Waals surface area contributed by atoms with Crippen LogP contribution in [0.4, 0.5) is 13.2 Å². The number of nitrogens with zero attached hydrogens (tertiary/aromatic N) is 2. The van der Waals surface area contributed by atoms with E-state index in [1.165, 1.54) is 18.2 Å². The molecule has 0 bridgehead atoms. The molecule has 0 N–H and O–H groups in total. The standard InChI is InChI=1S/C13H6ClF3N2O2/c1-21-12-18-9-8(11(19-12)13(15,16)17)6-3-2-5(14)4-7(6)10(9)20/h2-4H,1H3. The van der Waals surface area contributed by atoms with Crippen molar-refractivity contribution >= 4 is 17.4 Å². The first kappa shape index (κ1) is 13.8. The van der Waals surface area contributed by atoms with Crippen molar-refractivity contribution < 1.29 is 22.7 Å². The van der Waals surface area contributed by atoms with E-state index in [0.717, 1.165) is 7.11 Å². The van der Waals surface area contributed by atoms with Gasteiger partial charge in [-0.2, -0.15) is 23.1 Å². The Morgan fingerprint density at radius 1 is 1.19 bits per heavy atom. The fraction of sp³-hybridized carbons (Fsp3) is 0.154. The lowest BCUT2D eigenvalue weighted by Gasteiger charge is -2.11. The summed E-state index contributed by atoms with van der Waals surface area (Å²) in [5.74, 6) is -0.631. The quantitative estimate of drug-likeness (QED) is 0.691. The number of methoxy groups -OCH3 is 1. The number of ketones is 1. The van der Waals surface area contributed by atoms with Gasteiger partial charge in [-0.3, -0.25) is 4.79 Å². The minimum Gasteiger partial charge on any atom is -0.467 e. The van der Waals surface area contributed by atoms with E-state index in [1.54, 1.807) is 0 Å². The molecule has 0 saturated heterocycles. The van der Waals surface area contributed by atoms with Crippen LogP contribution in [0.5, 0.6) is 6.01 Å². The first-order valence-electron chi connectivity index (χ1n) is 5.70. The fourth-order valence-corrected chi connectivity index (χ4v) is 2.38. The third kappa shape index (κ3) is 2.04. The van der Waals surface area contributed by atoms with Crippen molar-refractivity contribution in [2.75, 3.05) is 7.11 Å². The number of carbonyl (C=O) groups excluding carboxylic acids is 1. The van der Waals surface area contributed by atoms with Crippen molar-refractivity contribution in [3.63, 3.8) is 0 Å². The van der Waals surface area contributed by atoms with Gasteiger partial charge in [-0.15, -0.1) is 0 Å². The van der Waals surface area contributed by atoms with Gasteiger partial charge in [0.25, 0.3) is 0 Å². The number of halogens is 4. The van der Waals surface area contributed by atoms with E-state index in [1.807, 2.05) is 0 Å². The summed E-state index contributed by atoms with van der Waals surface area (Å²) in [7, 11) is 1.13. The van der Waals surface area contributed by atoms with E-state index in [-0.39, 0.29) is 27.4 Å². The molecular formula is C13H6ClF3N2O2. The Bertz CT molecular complexity index is 775. The Morgan fingerprint density at radius 2 is 1.90 bits per heavy atom. The van der Waals surface area contributed by atoms with E-state index in [9.17, 15) is 18.0 Å². The number of aromatic nitrogens is 2. The minimum absolute atomic E-state index is 0.0746. The Labute approximate surface area is 121 Å². The maximum absolute atomic E-state index is 13.2. The SMILES string of the molecule is COc1nc2c(c(C(F)(F)F)n1)-c1ccc(Cl)cc1C2=O. The van der Waals surface area contributed by atoms with Gasteiger partial charge in [0, 0.05) is 16.1 Å². The summed E-state index contributed by atoms with van der Waals surface area (Å²) in [5.41, 5.74) is -1.66. The molecular weight excluding hydrogens is 309 g/mol. The van der Waals surface area contributed by atoms with Gasteiger partial charge in [-0.05, 0) is 17.7 Å². The van der Waals surface area contributed by atoms with Crippen molar-refractivity contribution in [2.24, 2.45) is 0 Å². The summed E-state index contributed by atoms with van der Waals surface area (Å²) in [5, 5.41) is 0.253. The molecule has 21 heavy (non-hydrogen) atoms. The molecule has 0 fully saturated rings. The maximum Gasteiger partial charge on any atom is 0.434 e. The zero-order valence-electron chi connectivity index (χ0n) is 10.5. The van der Waals surface area contributed by atoms with Gasteiger partial charge < -0.3 is 4.74 Å². The van der Waals surface area contributed by atoms with Crippen LogP contribution in [0.2, 0.25) is 5.02 Å². The molecule has 2 aromatic rings. The number of carbonyl (C=O) groups is 1. The van der Waals surface area contributed by atoms with Crippen molar-refractivity contribution in [1.82, 2.24) is 9.97 Å². The predicted octanol–water partition coefficient (Wildman–Crippen LogP) is 3.37. The Hall–Kier alpha value is -2.15. The number of hydrogen-bond acceptors (Lipinski definition) is 4. The van der Waals surface area contributed by atoms with Gasteiger partial charge >= 0.3 is 12.2 Å². The van der Waals surface area contributed by atoms with Crippen molar-refractivity contribution in [3.05, 3.63) is 40.2 Å². The molecule has 0 amide bonds. The zero-order valence-corrected chi connectivity index (χ0v) is 11.2. The van der Waals surface area contributed by atoms with Gasteiger partial charge in [0.05, 0.1) is 7.11 Å². The predicted molar refractivity (Wildman–Crippen MR) is 67.5 cm³/mol. The zero-order chi connectivity index (χ0) is 15.4. The van der Waals surface area contributed by atoms with Crippen molar-refractivity contribution in [2.45, 2.75) is 6.18 Å². The topological polar surface area (TPSA) is 52.1 Å². The number of rotatable bonds is 1. The van der Waals surface area contributed by atoms with E-state index >= 15 is 0 Å². The van der Waals surface area contributed by atoms with Crippen LogP contribution in [0.1, 0.15) is 21.7 Å². The van der Waals surface area contributed by atoms with Crippen LogP contribution in [0, 0.1) is 0 Å². The lowest BCUT2D eigenvalue weighted by atomic mass is 10.1. The Morgan fingerprint density at radius 3 is 2.52 bits per heavy atom. The molecule has 1 aliphatic carbocycles. The van der Waals surface area contributed by atoms with E-state index in [0.29, 0.717) is 0 Å². The molecule has 1 heterocycles. The highest BCUT2D eigenvalue weighted by molar-refractivity contribution is 6.32. The summed E-state index contributed by atoms with van der Waals surface area (Å²) >= 11 is 5.78. The molecule has 0 spiro atoms. The first-order valence-corrected chi connectivity index (χ1v) is 6.08. The summed E-state index contributed by atoms with van der Waals surface area (Å²) in [6.07, 6.45) is -4.73. The first-order chi connectivity index (χ1) is 9.82. The molecule has 0 aliphatic heterocycles. The molecule has 8 heteroatoms. The Balaban J connectivity index is 2.38. The molecule has 0 atom stereocenters. The van der Waals surface area contributed by atoms with Crippen LogP contribution < -0.4 is 4.74 Å². The number of fused-ring (bicyclic) bond motifs is 3. The molecule has 0 saturated carbocycles. The second-order valence-electron chi connectivity index (χ2n) is 4.30. The highest BCUT2D eigenvalue weighted by Gasteiger charge is 2.43. The molecule has 4 nitrogen and oxygen atoms in total. The van der Waals surface area contributed by atoms with Crippen LogP contribution in [0.15, 0.2) is 18.2 Å². The number of ether oxygens (including phenoxy) is 1. The van der Waals surface area contributed by atoms with Crippen LogP contribution in [0.25, 0.3) is 11.1 Å². The molecule has 1 aromatic carbocycles. The summed E-state index contributed by atoms with van der Waals surface area (Å²) in [6, 6.07) is 3.57. The summed E-state index contributed by atoms with van der Waals surface area (Å²) in [4.78, 5) is 19.3. The van der Waals surface area contributed by atoms with Gasteiger partial charge in [0.15, 0.2) is 5.69 Å². The largest absolute Gasteiger partial charge is 0.467 e. The Kier molecular flexibility index (Phi) is 2.91. The van der Waals surface area contributed by atoms with Crippen LogP contribution in [-0.2, 0) is 6.18 Å². The van der Waals surface area contributed by atoms with Crippen molar-refractivity contribution in [1.29, 1.82) is 0 Å². The fourth-order valence-electron chi connectivity index (χ4n) is 2.21. The third-order valence-electron chi connectivity index (χ3n) is 3.05. The van der Waals surface area contributed by atoms with Crippen LogP contribution >= 0.6 is 11.6 Å². The molecule has 3 rings (SSSR count). The molecule has 0 radical (unpaired) electrons. The van der Waals surface area contributed by atoms with Gasteiger partial charge in [0.1, 0.15) is 5.69 Å². The van der Waals surface area contributed by atoms with Crippen molar-refractivity contribution in [3.8, 4) is 17.1 Å². The maximum atomic E-state index is 13.2. The van der Waals surface area contributed by atoms with E-state index in [2.05, 4.69) is 14.7 Å². The molecule has 1 aromatic heterocycles. The van der Waals surface area contributed by atoms with Crippen LogP contribution in [-0.4, -0.2) is 22.9 Å². The second kappa shape index (κ2) is 4.42. The molecule has 1 aliphatic rings. The number of benzene rings is 1. The normalized spacial score (nSPS) is 13.1. The van der Waals surface area contributed by atoms with E-state index < -0.39 is 23.7 Å². The monoisotopic (exact) mass is 314 g/mol. The molecule has 108 valence electrons. The number of alkyl halides is 3. The number of hydrogen-bond donors (Lipinski definition) is 0. The van der Waals surface area contributed by atoms with Gasteiger partial charge in [-0.25, -0.2) is 0 Å². The minimum atomic E-state index is -4.73. The summed E-state index contributed by atoms with van der Waals surface area (Å²) < 4.78 is 44.2. The lowest BCUT2D eigenvalue weighted by Crippen LogP contribution is -2.13. The van der Waals surface area contributed by atoms with E-state index in [4.69, 9.17) is 11.6 Å². The third-order valence-corrected chi connectivity index (χ3v) is 3.29. The average Bonchev–Trinajstić information content (AvgIpc) is 2.70. The van der Waals surface area contributed by atoms with Crippen LogP contribution in [0.3, 0.4) is 0 Å². The lowest BCUT2D eigenvalue weighted by molar-refractivity contribution is -0.140. The highest BCUT2D eigenvalue weighted by Crippen LogP contribution is 2.44. The second-order valence-corrected chi connectivity index (χ2v) is 4.74. The average molecular weight is 315 g/mol. The van der Waals surface area contributed by atoms with Gasteiger partial charge in [0.2, 0.25) is 5.78 Å².